The van der Waals surface area contributed by atoms with Crippen LogP contribution in [0.4, 0.5) is 0 Å². The summed E-state index contributed by atoms with van der Waals surface area (Å²) < 4.78 is 0. The van der Waals surface area contributed by atoms with E-state index in [4.69, 9.17) is 0 Å². The quantitative estimate of drug-likeness (QED) is 0.614. The number of aryl methyl sites for hydroxylation is 2. The number of nitrogens with one attached hydrogen (secondary N) is 1. The summed E-state index contributed by atoms with van der Waals surface area (Å²) in [5.74, 6) is 0. The molecule has 19 heavy (non-hydrogen) atoms. The van der Waals surface area contributed by atoms with Gasteiger partial charge in [-0.25, -0.2) is 0 Å². The molecule has 0 amide bonds. The van der Waals surface area contributed by atoms with Gasteiger partial charge < -0.3 is 5.32 Å². The Morgan fingerprint density at radius 2 is 1.68 bits per heavy atom. The monoisotopic (exact) mass is 261 g/mol. The lowest BCUT2D eigenvalue weighted by molar-refractivity contribution is 0.505. The molecule has 0 saturated carbocycles. The number of hydrogen-bond acceptors (Lipinski definition) is 1. The summed E-state index contributed by atoms with van der Waals surface area (Å²) in [6.07, 6.45) is 8.91. The van der Waals surface area contributed by atoms with Gasteiger partial charge >= 0.3 is 0 Å². The summed E-state index contributed by atoms with van der Waals surface area (Å²) in [6.45, 7) is 6.77. The van der Waals surface area contributed by atoms with E-state index in [2.05, 4.69) is 51.3 Å². The van der Waals surface area contributed by atoms with Gasteiger partial charge in [0.25, 0.3) is 0 Å². The molecule has 1 unspecified atom stereocenters. The maximum atomic E-state index is 3.48. The van der Waals surface area contributed by atoms with Gasteiger partial charge in [0.1, 0.15) is 0 Å². The number of rotatable bonds is 9. The van der Waals surface area contributed by atoms with Crippen molar-refractivity contribution in [2.45, 2.75) is 71.8 Å². The molecule has 1 nitrogen and oxygen atoms in total. The normalized spacial score (nSPS) is 12.6. The molecule has 0 bridgehead atoms. The molecular formula is C18H31N. The summed E-state index contributed by atoms with van der Waals surface area (Å²) in [6, 6.07) is 7.58. The van der Waals surface area contributed by atoms with E-state index >= 15 is 0 Å². The Morgan fingerprint density at radius 3 is 2.26 bits per heavy atom. The van der Waals surface area contributed by atoms with E-state index in [9.17, 15) is 0 Å². The predicted molar refractivity (Wildman–Crippen MR) is 85.8 cm³/mol. The molecule has 1 heteroatoms. The van der Waals surface area contributed by atoms with Crippen molar-refractivity contribution in [2.24, 2.45) is 0 Å². The van der Waals surface area contributed by atoms with Crippen LogP contribution in [0.1, 0.15) is 75.6 Å². The average molecular weight is 261 g/mol. The highest BCUT2D eigenvalue weighted by Crippen LogP contribution is 2.23. The Morgan fingerprint density at radius 1 is 0.947 bits per heavy atom. The zero-order valence-electron chi connectivity index (χ0n) is 13.3. The molecule has 1 aromatic carbocycles. The Hall–Kier alpha value is -0.820. The lowest BCUT2D eigenvalue weighted by Crippen LogP contribution is -2.16. The van der Waals surface area contributed by atoms with Crippen LogP contribution in [0.3, 0.4) is 0 Å². The van der Waals surface area contributed by atoms with Gasteiger partial charge in [-0.1, -0.05) is 64.7 Å². The van der Waals surface area contributed by atoms with Gasteiger partial charge in [0.2, 0.25) is 0 Å². The lowest BCUT2D eigenvalue weighted by Gasteiger charge is -2.18. The molecule has 0 aliphatic carbocycles. The Kier molecular flexibility index (Phi) is 7.81. The topological polar surface area (TPSA) is 12.0 Å². The first-order valence-electron chi connectivity index (χ1n) is 8.05. The number of hydrogen-bond donors (Lipinski definition) is 1. The van der Waals surface area contributed by atoms with Gasteiger partial charge in [0, 0.05) is 6.04 Å². The Balaban J connectivity index is 2.69. The predicted octanol–water partition coefficient (Wildman–Crippen LogP) is 5.04. The first kappa shape index (κ1) is 16.2. The van der Waals surface area contributed by atoms with Crippen molar-refractivity contribution in [3.63, 3.8) is 0 Å². The maximum absolute atomic E-state index is 3.48. The van der Waals surface area contributed by atoms with Crippen LogP contribution in [-0.4, -0.2) is 7.05 Å². The molecule has 0 radical (unpaired) electrons. The summed E-state index contributed by atoms with van der Waals surface area (Å²) in [4.78, 5) is 0. The molecule has 1 atom stereocenters. The zero-order valence-corrected chi connectivity index (χ0v) is 13.3. The standard InChI is InChI=1S/C18H31N/c1-5-8-9-10-11-18(19-4)17-13-12-15(6-2)16(7-3)14-17/h12-14,18-19H,5-11H2,1-4H3. The average Bonchev–Trinajstić information content (AvgIpc) is 2.46. The minimum Gasteiger partial charge on any atom is -0.313 e. The molecule has 108 valence electrons. The largest absolute Gasteiger partial charge is 0.313 e. The molecule has 0 aliphatic rings. The highest BCUT2D eigenvalue weighted by atomic mass is 14.9. The van der Waals surface area contributed by atoms with Crippen LogP contribution in [0.2, 0.25) is 0 Å². The third kappa shape index (κ3) is 4.99. The van der Waals surface area contributed by atoms with Crippen LogP contribution in [0.5, 0.6) is 0 Å². The molecule has 1 aromatic rings. The van der Waals surface area contributed by atoms with Gasteiger partial charge in [0.05, 0.1) is 0 Å². The van der Waals surface area contributed by atoms with E-state index < -0.39 is 0 Å². The van der Waals surface area contributed by atoms with E-state index in [0.29, 0.717) is 6.04 Å². The van der Waals surface area contributed by atoms with Crippen LogP contribution in [0.25, 0.3) is 0 Å². The smallest absolute Gasteiger partial charge is 0.0317 e. The fraction of sp³-hybridized carbons (Fsp3) is 0.667. The van der Waals surface area contributed by atoms with Gasteiger partial charge in [0.15, 0.2) is 0 Å². The Bertz CT molecular complexity index is 357. The molecule has 1 rings (SSSR count). The molecular weight excluding hydrogens is 230 g/mol. The van der Waals surface area contributed by atoms with Crippen LogP contribution in [0.15, 0.2) is 18.2 Å². The van der Waals surface area contributed by atoms with Crippen molar-refractivity contribution in [2.75, 3.05) is 7.05 Å². The molecule has 1 N–H and O–H groups in total. The van der Waals surface area contributed by atoms with Crippen LogP contribution < -0.4 is 5.32 Å². The van der Waals surface area contributed by atoms with E-state index in [1.807, 2.05) is 0 Å². The fourth-order valence-corrected chi connectivity index (χ4v) is 2.79. The minimum absolute atomic E-state index is 0.521. The number of benzene rings is 1. The lowest BCUT2D eigenvalue weighted by atomic mass is 9.94. The van der Waals surface area contributed by atoms with E-state index in [1.54, 1.807) is 0 Å². The van der Waals surface area contributed by atoms with Gasteiger partial charge in [-0.3, -0.25) is 0 Å². The second kappa shape index (κ2) is 9.14. The van der Waals surface area contributed by atoms with Crippen molar-refractivity contribution in [3.05, 3.63) is 34.9 Å². The zero-order chi connectivity index (χ0) is 14.1. The summed E-state index contributed by atoms with van der Waals surface area (Å²) in [7, 11) is 2.09. The van der Waals surface area contributed by atoms with Gasteiger partial charge in [-0.2, -0.15) is 0 Å². The Labute approximate surface area is 119 Å². The third-order valence-corrected chi connectivity index (χ3v) is 4.09. The molecule has 0 spiro atoms. The van der Waals surface area contributed by atoms with Crippen molar-refractivity contribution >= 4 is 0 Å². The maximum Gasteiger partial charge on any atom is 0.0317 e. The van der Waals surface area contributed by atoms with E-state index in [1.165, 1.54) is 48.8 Å². The molecule has 0 aromatic heterocycles. The highest BCUT2D eigenvalue weighted by molar-refractivity contribution is 5.33. The van der Waals surface area contributed by atoms with Crippen molar-refractivity contribution in [1.82, 2.24) is 5.32 Å². The highest BCUT2D eigenvalue weighted by Gasteiger charge is 2.10. The number of unbranched alkanes of at least 4 members (excludes halogenated alkanes) is 3. The molecule has 0 saturated heterocycles. The van der Waals surface area contributed by atoms with Crippen LogP contribution in [-0.2, 0) is 12.8 Å². The van der Waals surface area contributed by atoms with Gasteiger partial charge in [-0.15, -0.1) is 0 Å². The van der Waals surface area contributed by atoms with Crippen LogP contribution >= 0.6 is 0 Å². The molecule has 0 heterocycles. The second-order valence-electron chi connectivity index (χ2n) is 5.43. The SMILES string of the molecule is CCCCCCC(NC)c1ccc(CC)c(CC)c1. The summed E-state index contributed by atoms with van der Waals surface area (Å²) in [5, 5.41) is 3.48. The van der Waals surface area contributed by atoms with Crippen molar-refractivity contribution in [1.29, 1.82) is 0 Å². The second-order valence-corrected chi connectivity index (χ2v) is 5.43. The first-order chi connectivity index (χ1) is 9.26. The third-order valence-electron chi connectivity index (χ3n) is 4.09. The summed E-state index contributed by atoms with van der Waals surface area (Å²) in [5.41, 5.74) is 4.49. The van der Waals surface area contributed by atoms with Crippen molar-refractivity contribution in [3.8, 4) is 0 Å². The van der Waals surface area contributed by atoms with E-state index in [-0.39, 0.29) is 0 Å². The fourth-order valence-electron chi connectivity index (χ4n) is 2.79. The van der Waals surface area contributed by atoms with E-state index in [0.717, 1.165) is 12.8 Å². The molecule has 0 aliphatic heterocycles. The van der Waals surface area contributed by atoms with Crippen molar-refractivity contribution < 1.29 is 0 Å². The summed E-state index contributed by atoms with van der Waals surface area (Å²) >= 11 is 0. The van der Waals surface area contributed by atoms with Gasteiger partial charge in [-0.05, 0) is 43.0 Å². The molecule has 0 fully saturated rings. The first-order valence-corrected chi connectivity index (χ1v) is 8.05. The minimum atomic E-state index is 0.521. The van der Waals surface area contributed by atoms with Crippen LogP contribution in [0, 0.1) is 0 Å².